The lowest BCUT2D eigenvalue weighted by molar-refractivity contribution is -0.130. The van der Waals surface area contributed by atoms with E-state index < -0.39 is 0 Å². The van der Waals surface area contributed by atoms with E-state index >= 15 is 0 Å². The Morgan fingerprint density at radius 3 is 2.65 bits per heavy atom. The van der Waals surface area contributed by atoms with Crippen molar-refractivity contribution in [2.45, 2.75) is 43.7 Å². The summed E-state index contributed by atoms with van der Waals surface area (Å²) in [6.07, 6.45) is 5.63. The second-order valence-corrected chi connectivity index (χ2v) is 5.70. The molecule has 1 N–H and O–H groups in total. The van der Waals surface area contributed by atoms with Gasteiger partial charge in [-0.2, -0.15) is 10.5 Å². The first-order valence-corrected chi connectivity index (χ1v) is 7.09. The summed E-state index contributed by atoms with van der Waals surface area (Å²) in [5.41, 5.74) is 1.89. The normalized spacial score (nSPS) is 23.4. The highest BCUT2D eigenvalue weighted by Crippen LogP contribution is 2.42. The Hall–Kier alpha value is -2.04. The van der Waals surface area contributed by atoms with Crippen molar-refractivity contribution in [2.24, 2.45) is 0 Å². The molecule has 1 saturated carbocycles. The lowest BCUT2D eigenvalue weighted by Crippen LogP contribution is -2.49. The predicted molar refractivity (Wildman–Crippen MR) is 75.1 cm³/mol. The molecule has 20 heavy (non-hydrogen) atoms. The van der Waals surface area contributed by atoms with Crippen molar-refractivity contribution in [2.75, 3.05) is 11.9 Å². The number of hydrogen-bond acceptors (Lipinski definition) is 4. The highest BCUT2D eigenvalue weighted by Gasteiger charge is 2.42. The molecule has 0 aromatic heterocycles. The van der Waals surface area contributed by atoms with Crippen molar-refractivity contribution in [1.82, 2.24) is 0 Å². The van der Waals surface area contributed by atoms with Gasteiger partial charge >= 0.3 is 0 Å². The zero-order chi connectivity index (χ0) is 14.0. The second kappa shape index (κ2) is 5.15. The molecule has 4 nitrogen and oxygen atoms in total. The van der Waals surface area contributed by atoms with Gasteiger partial charge in [0.25, 0.3) is 0 Å². The van der Waals surface area contributed by atoms with Gasteiger partial charge in [0.05, 0.1) is 16.7 Å². The smallest absolute Gasteiger partial charge is 0.101 e. The monoisotopic (exact) mass is 267 g/mol. The Bertz CT molecular complexity index is 593. The maximum absolute atomic E-state index is 9.06. The lowest BCUT2D eigenvalue weighted by Gasteiger charge is -2.47. The number of anilines is 1. The summed E-state index contributed by atoms with van der Waals surface area (Å²) in [7, 11) is 0. The van der Waals surface area contributed by atoms with Gasteiger partial charge in [-0.05, 0) is 50.3 Å². The molecule has 1 aromatic carbocycles. The van der Waals surface area contributed by atoms with Crippen molar-refractivity contribution >= 4 is 5.69 Å². The Kier molecular flexibility index (Phi) is 3.34. The largest absolute Gasteiger partial charge is 0.382 e. The van der Waals surface area contributed by atoms with E-state index in [1.165, 1.54) is 19.3 Å². The van der Waals surface area contributed by atoms with E-state index in [-0.39, 0.29) is 5.60 Å². The van der Waals surface area contributed by atoms with Crippen molar-refractivity contribution < 1.29 is 4.74 Å². The maximum atomic E-state index is 9.06. The molecule has 0 bridgehead atoms. The molecule has 1 aliphatic carbocycles. The second-order valence-electron chi connectivity index (χ2n) is 5.70. The highest BCUT2D eigenvalue weighted by molar-refractivity contribution is 5.56. The van der Waals surface area contributed by atoms with E-state index in [9.17, 15) is 0 Å². The number of benzene rings is 1. The maximum Gasteiger partial charge on any atom is 0.101 e. The Labute approximate surface area is 119 Å². The minimum absolute atomic E-state index is 0.112. The van der Waals surface area contributed by atoms with Crippen LogP contribution in [-0.4, -0.2) is 18.2 Å². The Morgan fingerprint density at radius 1 is 1.20 bits per heavy atom. The molecule has 1 unspecified atom stereocenters. The minimum Gasteiger partial charge on any atom is -0.382 e. The zero-order valence-corrected chi connectivity index (χ0v) is 11.4. The van der Waals surface area contributed by atoms with Gasteiger partial charge in [-0.1, -0.05) is 0 Å². The predicted octanol–water partition coefficient (Wildman–Crippen LogP) is 2.94. The molecule has 0 radical (unpaired) electrons. The summed E-state index contributed by atoms with van der Waals surface area (Å²) in [5, 5.41) is 21.5. The van der Waals surface area contributed by atoms with Crippen LogP contribution >= 0.6 is 0 Å². The van der Waals surface area contributed by atoms with Crippen LogP contribution in [0.3, 0.4) is 0 Å². The molecular weight excluding hydrogens is 250 g/mol. The van der Waals surface area contributed by atoms with Crippen LogP contribution in [0.2, 0.25) is 0 Å². The topological polar surface area (TPSA) is 68.8 Å². The van der Waals surface area contributed by atoms with Crippen LogP contribution < -0.4 is 5.32 Å². The average Bonchev–Trinajstić information content (AvgIpc) is 2.46. The van der Waals surface area contributed by atoms with E-state index in [1.54, 1.807) is 12.1 Å². The van der Waals surface area contributed by atoms with E-state index in [1.807, 2.05) is 12.1 Å². The molecule has 102 valence electrons. The highest BCUT2D eigenvalue weighted by atomic mass is 16.5. The number of nitrogens with zero attached hydrogens (tertiary/aromatic N) is 2. The molecule has 1 heterocycles. The molecular formula is C16H17N3O. The van der Waals surface area contributed by atoms with E-state index in [0.29, 0.717) is 17.2 Å². The van der Waals surface area contributed by atoms with Gasteiger partial charge < -0.3 is 10.1 Å². The molecule has 4 heteroatoms. The average molecular weight is 267 g/mol. The Balaban J connectivity index is 1.72. The van der Waals surface area contributed by atoms with E-state index in [2.05, 4.69) is 11.4 Å². The van der Waals surface area contributed by atoms with Gasteiger partial charge in [-0.15, -0.1) is 0 Å². The third-order valence-electron chi connectivity index (χ3n) is 4.39. The number of nitriles is 2. The summed E-state index contributed by atoms with van der Waals surface area (Å²) >= 11 is 0. The number of nitrogens with one attached hydrogen (secondary N) is 1. The molecule has 1 atom stereocenters. The Morgan fingerprint density at radius 2 is 2.00 bits per heavy atom. The SMILES string of the molecule is N#Cc1ccc(NC2CCOC3(CCC3)C2)cc1C#N. The molecule has 0 amide bonds. The van der Waals surface area contributed by atoms with Gasteiger partial charge in [-0.3, -0.25) is 0 Å². The van der Waals surface area contributed by atoms with Crippen LogP contribution in [0, 0.1) is 22.7 Å². The van der Waals surface area contributed by atoms with Crippen molar-refractivity contribution in [3.05, 3.63) is 29.3 Å². The van der Waals surface area contributed by atoms with E-state index in [4.69, 9.17) is 15.3 Å². The first-order valence-electron chi connectivity index (χ1n) is 7.09. The molecule has 3 rings (SSSR count). The first-order chi connectivity index (χ1) is 9.74. The molecule has 1 saturated heterocycles. The standard InChI is InChI=1S/C16H17N3O/c17-10-12-2-3-14(8-13(12)11-18)19-15-4-7-20-16(9-15)5-1-6-16/h2-3,8,15,19H,1,4-7,9H2. The molecule has 1 aromatic rings. The van der Waals surface area contributed by atoms with Crippen LogP contribution in [-0.2, 0) is 4.74 Å². The van der Waals surface area contributed by atoms with Crippen molar-refractivity contribution in [1.29, 1.82) is 10.5 Å². The first kappa shape index (κ1) is 13.0. The van der Waals surface area contributed by atoms with Crippen LogP contribution in [0.4, 0.5) is 5.69 Å². The van der Waals surface area contributed by atoms with Crippen LogP contribution in [0.1, 0.15) is 43.2 Å². The van der Waals surface area contributed by atoms with Gasteiger partial charge in [0.1, 0.15) is 12.1 Å². The fraction of sp³-hybridized carbons (Fsp3) is 0.500. The quantitative estimate of drug-likeness (QED) is 0.894. The third kappa shape index (κ3) is 2.35. The number of ether oxygens (including phenoxy) is 1. The zero-order valence-electron chi connectivity index (χ0n) is 11.4. The van der Waals surface area contributed by atoms with E-state index in [0.717, 1.165) is 25.1 Å². The fourth-order valence-corrected chi connectivity index (χ4v) is 3.13. The molecule has 1 aliphatic heterocycles. The van der Waals surface area contributed by atoms with Crippen LogP contribution in [0.5, 0.6) is 0 Å². The van der Waals surface area contributed by atoms with Gasteiger partial charge in [0.2, 0.25) is 0 Å². The number of hydrogen-bond donors (Lipinski definition) is 1. The minimum atomic E-state index is 0.112. The summed E-state index contributed by atoms with van der Waals surface area (Å²) < 4.78 is 5.92. The fourth-order valence-electron chi connectivity index (χ4n) is 3.13. The summed E-state index contributed by atoms with van der Waals surface area (Å²) in [5.74, 6) is 0. The third-order valence-corrected chi connectivity index (χ3v) is 4.39. The van der Waals surface area contributed by atoms with Crippen molar-refractivity contribution in [3.8, 4) is 12.1 Å². The number of rotatable bonds is 2. The lowest BCUT2D eigenvalue weighted by atomic mass is 9.74. The summed E-state index contributed by atoms with van der Waals surface area (Å²) in [6, 6.07) is 9.86. The van der Waals surface area contributed by atoms with Gasteiger partial charge in [0, 0.05) is 18.3 Å². The molecule has 2 aliphatic rings. The summed E-state index contributed by atoms with van der Waals surface area (Å²) in [4.78, 5) is 0. The summed E-state index contributed by atoms with van der Waals surface area (Å²) in [6.45, 7) is 0.805. The van der Waals surface area contributed by atoms with Gasteiger partial charge in [-0.25, -0.2) is 0 Å². The van der Waals surface area contributed by atoms with Crippen LogP contribution in [0.15, 0.2) is 18.2 Å². The van der Waals surface area contributed by atoms with Crippen molar-refractivity contribution in [3.63, 3.8) is 0 Å². The van der Waals surface area contributed by atoms with Crippen LogP contribution in [0.25, 0.3) is 0 Å². The molecule has 1 spiro atoms. The van der Waals surface area contributed by atoms with Gasteiger partial charge in [0.15, 0.2) is 0 Å². The molecule has 2 fully saturated rings.